The normalized spacial score (nSPS) is 14.9. The van der Waals surface area contributed by atoms with Crippen LogP contribution >= 0.6 is 0 Å². The molecule has 0 aromatic heterocycles. The van der Waals surface area contributed by atoms with Gasteiger partial charge in [0.15, 0.2) is 0 Å². The van der Waals surface area contributed by atoms with Crippen molar-refractivity contribution >= 4 is 5.97 Å². The zero-order valence-electron chi connectivity index (χ0n) is 11.5. The standard InChI is InChI=1S/C12H16FN.C2HF3O2/c1-9-2-4-11(12(13)6-9)5-3-10-7-14-8-10;3-2(4,5)1(6)7/h2,4,6,10,14H,3,5,7-8H2,1H3;(H,6,7). The lowest BCUT2D eigenvalue weighted by Crippen LogP contribution is -2.42. The molecule has 1 aromatic carbocycles. The van der Waals surface area contributed by atoms with Gasteiger partial charge in [0.2, 0.25) is 0 Å². The molecule has 2 N–H and O–H groups in total. The third kappa shape index (κ3) is 6.12. The van der Waals surface area contributed by atoms with E-state index in [1.54, 1.807) is 6.07 Å². The van der Waals surface area contributed by atoms with Crippen LogP contribution in [0.3, 0.4) is 0 Å². The lowest BCUT2D eigenvalue weighted by atomic mass is 9.94. The van der Waals surface area contributed by atoms with Gasteiger partial charge in [-0.25, -0.2) is 9.18 Å². The molecule has 0 amide bonds. The van der Waals surface area contributed by atoms with Crippen molar-refractivity contribution in [3.8, 4) is 0 Å². The predicted octanol–water partition coefficient (Wildman–Crippen LogP) is 2.92. The molecule has 1 saturated heterocycles. The summed E-state index contributed by atoms with van der Waals surface area (Å²) in [5, 5.41) is 10.4. The van der Waals surface area contributed by atoms with Crippen molar-refractivity contribution < 1.29 is 27.5 Å². The average Bonchev–Trinajstić information content (AvgIpc) is 2.29. The largest absolute Gasteiger partial charge is 0.490 e. The number of carboxylic acids is 1. The summed E-state index contributed by atoms with van der Waals surface area (Å²) >= 11 is 0. The summed E-state index contributed by atoms with van der Waals surface area (Å²) in [5.74, 6) is -2.04. The Balaban J connectivity index is 0.000000270. The van der Waals surface area contributed by atoms with Crippen molar-refractivity contribution in [1.29, 1.82) is 0 Å². The van der Waals surface area contributed by atoms with Crippen molar-refractivity contribution in [1.82, 2.24) is 5.32 Å². The summed E-state index contributed by atoms with van der Waals surface area (Å²) in [6.07, 6.45) is -3.11. The lowest BCUT2D eigenvalue weighted by Gasteiger charge is -2.26. The van der Waals surface area contributed by atoms with Crippen molar-refractivity contribution in [2.24, 2.45) is 5.92 Å². The second-order valence-corrected chi connectivity index (χ2v) is 4.96. The molecule has 1 aromatic rings. The Morgan fingerprint density at radius 1 is 1.38 bits per heavy atom. The van der Waals surface area contributed by atoms with Gasteiger partial charge in [0, 0.05) is 0 Å². The third-order valence-corrected chi connectivity index (χ3v) is 3.14. The second kappa shape index (κ2) is 7.40. The van der Waals surface area contributed by atoms with Crippen molar-refractivity contribution in [2.45, 2.75) is 25.9 Å². The molecule has 118 valence electrons. The highest BCUT2D eigenvalue weighted by Gasteiger charge is 2.38. The molecule has 0 unspecified atom stereocenters. The van der Waals surface area contributed by atoms with Gasteiger partial charge in [0.1, 0.15) is 5.82 Å². The van der Waals surface area contributed by atoms with E-state index in [-0.39, 0.29) is 5.82 Å². The summed E-state index contributed by atoms with van der Waals surface area (Å²) in [5.41, 5.74) is 1.86. The monoisotopic (exact) mass is 307 g/mol. The van der Waals surface area contributed by atoms with E-state index in [4.69, 9.17) is 9.90 Å². The predicted molar refractivity (Wildman–Crippen MR) is 69.5 cm³/mol. The number of carboxylic acid groups (broad SMARTS) is 1. The van der Waals surface area contributed by atoms with E-state index in [1.165, 1.54) is 0 Å². The molecular formula is C14H17F4NO2. The minimum atomic E-state index is -5.08. The van der Waals surface area contributed by atoms with Gasteiger partial charge in [-0.1, -0.05) is 12.1 Å². The number of hydrogen-bond donors (Lipinski definition) is 2. The van der Waals surface area contributed by atoms with E-state index < -0.39 is 12.1 Å². The fourth-order valence-corrected chi connectivity index (χ4v) is 1.77. The van der Waals surface area contributed by atoms with Gasteiger partial charge in [-0.05, 0) is 56.0 Å². The van der Waals surface area contributed by atoms with Crippen LogP contribution in [0.5, 0.6) is 0 Å². The zero-order chi connectivity index (χ0) is 16.0. The van der Waals surface area contributed by atoms with Crippen LogP contribution in [0, 0.1) is 18.7 Å². The zero-order valence-corrected chi connectivity index (χ0v) is 11.5. The van der Waals surface area contributed by atoms with Gasteiger partial charge in [0.05, 0.1) is 0 Å². The molecule has 21 heavy (non-hydrogen) atoms. The minimum absolute atomic E-state index is 0.0442. The number of rotatable bonds is 3. The number of hydrogen-bond acceptors (Lipinski definition) is 2. The molecule has 0 spiro atoms. The maximum Gasteiger partial charge on any atom is 0.490 e. The van der Waals surface area contributed by atoms with Crippen molar-refractivity contribution in [3.63, 3.8) is 0 Å². The van der Waals surface area contributed by atoms with E-state index in [9.17, 15) is 17.6 Å². The van der Waals surface area contributed by atoms with Crippen LogP contribution in [0.2, 0.25) is 0 Å². The van der Waals surface area contributed by atoms with Crippen LogP contribution < -0.4 is 5.32 Å². The summed E-state index contributed by atoms with van der Waals surface area (Å²) in [6.45, 7) is 4.13. The first-order valence-corrected chi connectivity index (χ1v) is 6.46. The first-order chi connectivity index (χ1) is 9.70. The number of aryl methyl sites for hydroxylation is 2. The first-order valence-electron chi connectivity index (χ1n) is 6.46. The van der Waals surface area contributed by atoms with Crippen LogP contribution in [0.25, 0.3) is 0 Å². The molecule has 1 aliphatic rings. The molecule has 0 radical (unpaired) electrons. The maximum absolute atomic E-state index is 13.4. The Kier molecular flexibility index (Phi) is 6.14. The summed E-state index contributed by atoms with van der Waals surface area (Å²) in [7, 11) is 0. The van der Waals surface area contributed by atoms with Crippen LogP contribution in [0.15, 0.2) is 18.2 Å². The number of nitrogens with one attached hydrogen (secondary N) is 1. The van der Waals surface area contributed by atoms with Crippen molar-refractivity contribution in [3.05, 3.63) is 35.1 Å². The van der Waals surface area contributed by atoms with Gasteiger partial charge in [0.25, 0.3) is 0 Å². The fraction of sp³-hybridized carbons (Fsp3) is 0.500. The minimum Gasteiger partial charge on any atom is -0.475 e. The molecule has 1 heterocycles. The van der Waals surface area contributed by atoms with Gasteiger partial charge < -0.3 is 10.4 Å². The maximum atomic E-state index is 13.4. The van der Waals surface area contributed by atoms with Crippen LogP contribution in [0.4, 0.5) is 17.6 Å². The highest BCUT2D eigenvalue weighted by Crippen LogP contribution is 2.16. The van der Waals surface area contributed by atoms with Gasteiger partial charge in [-0.3, -0.25) is 0 Å². The average molecular weight is 307 g/mol. The molecule has 0 aliphatic carbocycles. The Hall–Kier alpha value is -1.63. The smallest absolute Gasteiger partial charge is 0.475 e. The summed E-state index contributed by atoms with van der Waals surface area (Å²) in [6, 6.07) is 5.52. The molecule has 0 bridgehead atoms. The molecule has 0 saturated carbocycles. The van der Waals surface area contributed by atoms with Crippen LogP contribution in [-0.2, 0) is 11.2 Å². The summed E-state index contributed by atoms with van der Waals surface area (Å²) in [4.78, 5) is 8.90. The van der Waals surface area contributed by atoms with Crippen molar-refractivity contribution in [2.75, 3.05) is 13.1 Å². The van der Waals surface area contributed by atoms with E-state index in [1.807, 2.05) is 19.1 Å². The van der Waals surface area contributed by atoms with Gasteiger partial charge in [-0.2, -0.15) is 13.2 Å². The number of benzene rings is 1. The van der Waals surface area contributed by atoms with E-state index in [0.29, 0.717) is 0 Å². The SMILES string of the molecule is Cc1ccc(CCC2CNC2)c(F)c1.O=C(O)C(F)(F)F. The highest BCUT2D eigenvalue weighted by molar-refractivity contribution is 5.73. The first kappa shape index (κ1) is 17.4. The summed E-state index contributed by atoms with van der Waals surface area (Å²) < 4.78 is 45.1. The molecular weight excluding hydrogens is 290 g/mol. The van der Waals surface area contributed by atoms with E-state index >= 15 is 0 Å². The molecule has 3 nitrogen and oxygen atoms in total. The van der Waals surface area contributed by atoms with Crippen LogP contribution in [-0.4, -0.2) is 30.3 Å². The second-order valence-electron chi connectivity index (χ2n) is 4.96. The lowest BCUT2D eigenvalue weighted by molar-refractivity contribution is -0.192. The Morgan fingerprint density at radius 3 is 2.33 bits per heavy atom. The Labute approximate surface area is 120 Å². The quantitative estimate of drug-likeness (QED) is 0.844. The topological polar surface area (TPSA) is 49.3 Å². The fourth-order valence-electron chi connectivity index (χ4n) is 1.77. The Bertz CT molecular complexity index is 484. The number of halogens is 4. The molecule has 1 fully saturated rings. The molecule has 1 aliphatic heterocycles. The Morgan fingerprint density at radius 2 is 1.95 bits per heavy atom. The highest BCUT2D eigenvalue weighted by atomic mass is 19.4. The van der Waals surface area contributed by atoms with Crippen LogP contribution in [0.1, 0.15) is 17.5 Å². The van der Waals surface area contributed by atoms with Gasteiger partial charge >= 0.3 is 12.1 Å². The van der Waals surface area contributed by atoms with Gasteiger partial charge in [-0.15, -0.1) is 0 Å². The molecule has 7 heteroatoms. The van der Waals surface area contributed by atoms with E-state index in [2.05, 4.69) is 5.32 Å². The molecule has 2 rings (SSSR count). The number of carbonyl (C=O) groups is 1. The number of aliphatic carboxylic acids is 1. The van der Waals surface area contributed by atoms with E-state index in [0.717, 1.165) is 43.0 Å². The molecule has 0 atom stereocenters. The number of alkyl halides is 3. The third-order valence-electron chi connectivity index (χ3n) is 3.14.